The fraction of sp³-hybridized carbons (Fsp3) is 0.538. The Balaban J connectivity index is 2.93. The molecule has 0 aliphatic heterocycles. The van der Waals surface area contributed by atoms with Crippen LogP contribution >= 0.6 is 0 Å². The average molecular weight is 236 g/mol. The molecule has 0 fully saturated rings. The normalized spacial score (nSPS) is 11.1. The number of methoxy groups -OCH3 is 1. The summed E-state index contributed by atoms with van der Waals surface area (Å²) < 4.78 is 4.68. The maximum atomic E-state index is 11.4. The lowest BCUT2D eigenvalue weighted by Crippen LogP contribution is -2.30. The highest BCUT2D eigenvalue weighted by molar-refractivity contribution is 5.90. The lowest BCUT2D eigenvalue weighted by atomic mass is 10.0. The molecule has 0 bridgehead atoms. The van der Waals surface area contributed by atoms with Crippen LogP contribution < -0.4 is 5.32 Å². The van der Waals surface area contributed by atoms with Crippen LogP contribution in [0.4, 0.5) is 5.82 Å². The lowest BCUT2D eigenvalue weighted by Gasteiger charge is -2.25. The highest BCUT2D eigenvalue weighted by Crippen LogP contribution is 2.18. The topological polar surface area (TPSA) is 51.2 Å². The first-order valence-corrected chi connectivity index (χ1v) is 5.74. The standard InChI is InChI=1S/C13H20N2O2/c1-6-13(3,4)15-11-8-7-10(9(2)14-11)12(16)17-5/h7-8H,6H2,1-5H3,(H,14,15). The van der Waals surface area contributed by atoms with E-state index in [-0.39, 0.29) is 11.5 Å². The summed E-state index contributed by atoms with van der Waals surface area (Å²) in [6.45, 7) is 8.13. The minimum atomic E-state index is -0.351. The van der Waals surface area contributed by atoms with Crippen LogP contribution in [-0.2, 0) is 4.74 Å². The van der Waals surface area contributed by atoms with Gasteiger partial charge in [0.25, 0.3) is 0 Å². The summed E-state index contributed by atoms with van der Waals surface area (Å²) in [6.07, 6.45) is 0.993. The van der Waals surface area contributed by atoms with Gasteiger partial charge in [-0.25, -0.2) is 9.78 Å². The van der Waals surface area contributed by atoms with Gasteiger partial charge in [0.15, 0.2) is 0 Å². The third kappa shape index (κ3) is 3.44. The summed E-state index contributed by atoms with van der Waals surface area (Å²) in [4.78, 5) is 15.8. The molecule has 0 amide bonds. The summed E-state index contributed by atoms with van der Waals surface area (Å²) in [5, 5.41) is 3.33. The van der Waals surface area contributed by atoms with E-state index in [1.807, 2.05) is 0 Å². The zero-order valence-electron chi connectivity index (χ0n) is 11.1. The van der Waals surface area contributed by atoms with Crippen molar-refractivity contribution in [3.05, 3.63) is 23.4 Å². The van der Waals surface area contributed by atoms with Crippen molar-refractivity contribution in [2.75, 3.05) is 12.4 Å². The van der Waals surface area contributed by atoms with Crippen LogP contribution in [0.2, 0.25) is 0 Å². The predicted octanol–water partition coefficient (Wildman–Crippen LogP) is 2.78. The smallest absolute Gasteiger partial charge is 0.339 e. The van der Waals surface area contributed by atoms with Gasteiger partial charge in [0.05, 0.1) is 18.4 Å². The van der Waals surface area contributed by atoms with E-state index in [1.54, 1.807) is 19.1 Å². The van der Waals surface area contributed by atoms with Gasteiger partial charge in [-0.3, -0.25) is 0 Å². The Morgan fingerprint density at radius 2 is 2.12 bits per heavy atom. The molecule has 4 nitrogen and oxygen atoms in total. The first kappa shape index (κ1) is 13.5. The van der Waals surface area contributed by atoms with Crippen molar-refractivity contribution in [1.29, 1.82) is 0 Å². The molecule has 94 valence electrons. The van der Waals surface area contributed by atoms with Crippen molar-refractivity contribution in [2.24, 2.45) is 0 Å². The van der Waals surface area contributed by atoms with Crippen LogP contribution in [0.15, 0.2) is 12.1 Å². The number of hydrogen-bond acceptors (Lipinski definition) is 4. The molecule has 1 aromatic heterocycles. The van der Waals surface area contributed by atoms with Crippen molar-refractivity contribution in [1.82, 2.24) is 4.98 Å². The number of ether oxygens (including phenoxy) is 1. The van der Waals surface area contributed by atoms with Crippen LogP contribution in [0.5, 0.6) is 0 Å². The number of pyridine rings is 1. The van der Waals surface area contributed by atoms with Crippen molar-refractivity contribution >= 4 is 11.8 Å². The fourth-order valence-corrected chi connectivity index (χ4v) is 1.39. The van der Waals surface area contributed by atoms with Gasteiger partial charge < -0.3 is 10.1 Å². The number of aromatic nitrogens is 1. The molecule has 0 atom stereocenters. The highest BCUT2D eigenvalue weighted by Gasteiger charge is 2.16. The van der Waals surface area contributed by atoms with Gasteiger partial charge in [0.1, 0.15) is 5.82 Å². The third-order valence-corrected chi connectivity index (χ3v) is 2.84. The maximum absolute atomic E-state index is 11.4. The summed E-state index contributed by atoms with van der Waals surface area (Å²) >= 11 is 0. The largest absolute Gasteiger partial charge is 0.465 e. The third-order valence-electron chi connectivity index (χ3n) is 2.84. The van der Waals surface area contributed by atoms with E-state index in [0.29, 0.717) is 11.3 Å². The number of anilines is 1. The molecule has 1 aromatic rings. The Morgan fingerprint density at radius 1 is 1.47 bits per heavy atom. The van der Waals surface area contributed by atoms with Crippen molar-refractivity contribution in [3.8, 4) is 0 Å². The number of nitrogens with zero attached hydrogens (tertiary/aromatic N) is 1. The summed E-state index contributed by atoms with van der Waals surface area (Å²) in [5.74, 6) is 0.429. The zero-order chi connectivity index (χ0) is 13.1. The van der Waals surface area contributed by atoms with Gasteiger partial charge >= 0.3 is 5.97 Å². The Kier molecular flexibility index (Phi) is 4.10. The molecular formula is C13H20N2O2. The second kappa shape index (κ2) is 5.17. The van der Waals surface area contributed by atoms with Crippen LogP contribution in [-0.4, -0.2) is 23.6 Å². The van der Waals surface area contributed by atoms with Crippen molar-refractivity contribution in [3.63, 3.8) is 0 Å². The van der Waals surface area contributed by atoms with E-state index in [2.05, 4.69) is 35.8 Å². The van der Waals surface area contributed by atoms with Gasteiger partial charge in [-0.15, -0.1) is 0 Å². The Bertz CT molecular complexity index is 414. The molecule has 1 N–H and O–H groups in total. The zero-order valence-corrected chi connectivity index (χ0v) is 11.1. The number of esters is 1. The number of rotatable bonds is 4. The minimum absolute atomic E-state index is 0.00772. The van der Waals surface area contributed by atoms with Crippen LogP contribution in [0, 0.1) is 6.92 Å². The van der Waals surface area contributed by atoms with Gasteiger partial charge in [0, 0.05) is 5.54 Å². The number of hydrogen-bond donors (Lipinski definition) is 1. The summed E-state index contributed by atoms with van der Waals surface area (Å²) in [5.41, 5.74) is 1.17. The van der Waals surface area contributed by atoms with E-state index in [9.17, 15) is 4.79 Å². The van der Waals surface area contributed by atoms with Gasteiger partial charge in [-0.05, 0) is 39.3 Å². The van der Waals surface area contributed by atoms with E-state index >= 15 is 0 Å². The van der Waals surface area contributed by atoms with Gasteiger partial charge in [0.2, 0.25) is 0 Å². The molecule has 0 saturated heterocycles. The Morgan fingerprint density at radius 3 is 2.59 bits per heavy atom. The van der Waals surface area contributed by atoms with Crippen LogP contribution in [0.1, 0.15) is 43.2 Å². The molecule has 1 heterocycles. The predicted molar refractivity (Wildman–Crippen MR) is 68.3 cm³/mol. The number of carbonyl (C=O) groups excluding carboxylic acids is 1. The molecule has 0 spiro atoms. The molecule has 0 aliphatic carbocycles. The quantitative estimate of drug-likeness (QED) is 0.817. The van der Waals surface area contributed by atoms with Crippen LogP contribution in [0.25, 0.3) is 0 Å². The minimum Gasteiger partial charge on any atom is -0.465 e. The summed E-state index contributed by atoms with van der Waals surface area (Å²) in [6, 6.07) is 3.54. The van der Waals surface area contributed by atoms with E-state index in [1.165, 1.54) is 7.11 Å². The molecule has 0 radical (unpaired) electrons. The number of aryl methyl sites for hydroxylation is 1. The molecule has 0 aromatic carbocycles. The van der Waals surface area contributed by atoms with E-state index in [0.717, 1.165) is 12.2 Å². The Hall–Kier alpha value is -1.58. The van der Waals surface area contributed by atoms with Crippen molar-refractivity contribution < 1.29 is 9.53 Å². The fourth-order valence-electron chi connectivity index (χ4n) is 1.39. The first-order chi connectivity index (χ1) is 7.89. The molecule has 17 heavy (non-hydrogen) atoms. The highest BCUT2D eigenvalue weighted by atomic mass is 16.5. The van der Waals surface area contributed by atoms with E-state index in [4.69, 9.17) is 0 Å². The molecule has 0 saturated carbocycles. The second-order valence-corrected chi connectivity index (χ2v) is 4.68. The monoisotopic (exact) mass is 236 g/mol. The molecule has 0 unspecified atom stereocenters. The SMILES string of the molecule is CCC(C)(C)Nc1ccc(C(=O)OC)c(C)n1. The molecule has 0 aliphatic rings. The first-order valence-electron chi connectivity index (χ1n) is 5.74. The number of carbonyl (C=O) groups is 1. The number of nitrogens with one attached hydrogen (secondary N) is 1. The van der Waals surface area contributed by atoms with Crippen molar-refractivity contribution in [2.45, 2.75) is 39.7 Å². The summed E-state index contributed by atoms with van der Waals surface area (Å²) in [7, 11) is 1.37. The molecule has 1 rings (SSSR count). The second-order valence-electron chi connectivity index (χ2n) is 4.68. The van der Waals surface area contributed by atoms with E-state index < -0.39 is 0 Å². The maximum Gasteiger partial charge on any atom is 0.339 e. The molecule has 4 heteroatoms. The van der Waals surface area contributed by atoms with Gasteiger partial charge in [-0.1, -0.05) is 6.92 Å². The lowest BCUT2D eigenvalue weighted by molar-refractivity contribution is 0.0599. The Labute approximate surface area is 102 Å². The van der Waals surface area contributed by atoms with Gasteiger partial charge in [-0.2, -0.15) is 0 Å². The van der Waals surface area contributed by atoms with Crippen LogP contribution in [0.3, 0.4) is 0 Å². The average Bonchev–Trinajstić information content (AvgIpc) is 2.28. The molecular weight excluding hydrogens is 216 g/mol.